The number of aryl methyl sites for hydroxylation is 1. The van der Waals surface area contributed by atoms with E-state index in [1.54, 1.807) is 26.0 Å². The highest BCUT2D eigenvalue weighted by Gasteiger charge is 2.24. The van der Waals surface area contributed by atoms with E-state index in [0.717, 1.165) is 16.2 Å². The van der Waals surface area contributed by atoms with E-state index < -0.39 is 10.0 Å². The maximum atomic E-state index is 12.2. The Labute approximate surface area is 124 Å². The molecule has 2 aromatic heterocycles. The Morgan fingerprint density at radius 3 is 2.58 bits per heavy atom. The number of sulfonamides is 1. The summed E-state index contributed by atoms with van der Waals surface area (Å²) in [4.78, 5) is 4.77. The third-order valence-electron chi connectivity index (χ3n) is 2.37. The Bertz CT molecular complexity index is 693. The highest BCUT2D eigenvalue weighted by Crippen LogP contribution is 2.30. The van der Waals surface area contributed by atoms with Crippen LogP contribution in [0.5, 0.6) is 0 Å². The van der Waals surface area contributed by atoms with Gasteiger partial charge in [-0.05, 0) is 26.0 Å². The van der Waals surface area contributed by atoms with Gasteiger partial charge in [0.25, 0.3) is 10.0 Å². The predicted octanol–water partition coefficient (Wildman–Crippen LogP) is 2.79. The van der Waals surface area contributed by atoms with E-state index in [0.29, 0.717) is 10.0 Å². The number of hydrogen-bond acceptors (Lipinski definition) is 6. The fourth-order valence-electron chi connectivity index (χ4n) is 1.56. The zero-order chi connectivity index (χ0) is 14.2. The number of anilines is 1. The molecular formula is C10H12ClN3O2S3. The lowest BCUT2D eigenvalue weighted by molar-refractivity contribution is 0.570. The van der Waals surface area contributed by atoms with Crippen molar-refractivity contribution in [3.63, 3.8) is 0 Å². The SMILES string of the molecule is Cc1nc(N)sc1S(=O)(=O)NC(C)c1ccc(Cl)s1. The van der Waals surface area contributed by atoms with Gasteiger partial charge in [-0.1, -0.05) is 22.9 Å². The predicted molar refractivity (Wildman–Crippen MR) is 79.3 cm³/mol. The minimum Gasteiger partial charge on any atom is -0.375 e. The third-order valence-corrected chi connectivity index (χ3v) is 6.92. The molecule has 0 fully saturated rings. The number of rotatable bonds is 4. The number of hydrogen-bond donors (Lipinski definition) is 2. The summed E-state index contributed by atoms with van der Waals surface area (Å²) in [5.74, 6) is 0. The van der Waals surface area contributed by atoms with Gasteiger partial charge in [-0.25, -0.2) is 18.1 Å². The lowest BCUT2D eigenvalue weighted by Crippen LogP contribution is -2.26. The molecular weight excluding hydrogens is 326 g/mol. The maximum Gasteiger partial charge on any atom is 0.252 e. The molecule has 19 heavy (non-hydrogen) atoms. The molecule has 0 radical (unpaired) electrons. The summed E-state index contributed by atoms with van der Waals surface area (Å²) < 4.78 is 27.8. The van der Waals surface area contributed by atoms with Crippen LogP contribution in [0.15, 0.2) is 16.3 Å². The smallest absolute Gasteiger partial charge is 0.252 e. The molecule has 0 saturated carbocycles. The molecule has 1 unspecified atom stereocenters. The van der Waals surface area contributed by atoms with E-state index >= 15 is 0 Å². The average molecular weight is 338 g/mol. The van der Waals surface area contributed by atoms with Crippen LogP contribution >= 0.6 is 34.3 Å². The minimum atomic E-state index is -3.62. The first-order valence-electron chi connectivity index (χ1n) is 5.30. The van der Waals surface area contributed by atoms with Crippen molar-refractivity contribution in [3.05, 3.63) is 27.0 Å². The number of thiophene rings is 1. The number of aromatic nitrogens is 1. The molecule has 0 saturated heterocycles. The van der Waals surface area contributed by atoms with Crippen LogP contribution in [0.2, 0.25) is 4.34 Å². The Kier molecular flexibility index (Phi) is 4.17. The van der Waals surface area contributed by atoms with Gasteiger partial charge in [-0.3, -0.25) is 0 Å². The molecule has 2 rings (SSSR count). The minimum absolute atomic E-state index is 0.152. The van der Waals surface area contributed by atoms with Gasteiger partial charge in [-0.2, -0.15) is 0 Å². The quantitative estimate of drug-likeness (QED) is 0.898. The summed E-state index contributed by atoms with van der Waals surface area (Å²) >= 11 is 8.14. The first kappa shape index (κ1) is 14.7. The summed E-state index contributed by atoms with van der Waals surface area (Å²) in [6.45, 7) is 3.38. The summed E-state index contributed by atoms with van der Waals surface area (Å²) in [5.41, 5.74) is 5.93. The highest BCUT2D eigenvalue weighted by molar-refractivity contribution is 7.91. The van der Waals surface area contributed by atoms with E-state index in [-0.39, 0.29) is 15.4 Å². The zero-order valence-electron chi connectivity index (χ0n) is 10.2. The van der Waals surface area contributed by atoms with E-state index in [2.05, 4.69) is 9.71 Å². The summed E-state index contributed by atoms with van der Waals surface area (Å²) in [5, 5.41) is 0.240. The topological polar surface area (TPSA) is 85.1 Å². The van der Waals surface area contributed by atoms with Gasteiger partial charge in [0.15, 0.2) is 9.34 Å². The lowest BCUT2D eigenvalue weighted by Gasteiger charge is -2.11. The van der Waals surface area contributed by atoms with Crippen molar-refractivity contribution in [2.24, 2.45) is 0 Å². The molecule has 2 aromatic rings. The van der Waals surface area contributed by atoms with Crippen molar-refractivity contribution in [1.82, 2.24) is 9.71 Å². The molecule has 0 aromatic carbocycles. The van der Waals surface area contributed by atoms with Crippen molar-refractivity contribution in [3.8, 4) is 0 Å². The first-order chi connectivity index (χ1) is 8.79. The number of halogens is 1. The van der Waals surface area contributed by atoms with Crippen LogP contribution in [0.4, 0.5) is 5.13 Å². The number of nitrogen functional groups attached to an aromatic ring is 1. The normalized spacial score (nSPS) is 13.6. The highest BCUT2D eigenvalue weighted by atomic mass is 35.5. The fourth-order valence-corrected chi connectivity index (χ4v) is 5.23. The van der Waals surface area contributed by atoms with Gasteiger partial charge in [0.1, 0.15) is 0 Å². The number of thiazole rings is 1. The van der Waals surface area contributed by atoms with Crippen LogP contribution in [0, 0.1) is 6.92 Å². The Hall–Kier alpha value is -0.670. The summed E-state index contributed by atoms with van der Waals surface area (Å²) in [6.07, 6.45) is 0. The molecule has 0 spiro atoms. The molecule has 0 aliphatic carbocycles. The van der Waals surface area contributed by atoms with Crippen LogP contribution in [0.1, 0.15) is 23.5 Å². The average Bonchev–Trinajstić information content (AvgIpc) is 2.84. The molecule has 104 valence electrons. The number of nitrogens with one attached hydrogen (secondary N) is 1. The Morgan fingerprint density at radius 2 is 2.11 bits per heavy atom. The monoisotopic (exact) mass is 337 g/mol. The van der Waals surface area contributed by atoms with Crippen molar-refractivity contribution < 1.29 is 8.42 Å². The van der Waals surface area contributed by atoms with Crippen LogP contribution in [-0.2, 0) is 10.0 Å². The van der Waals surface area contributed by atoms with E-state index in [1.165, 1.54) is 11.3 Å². The van der Waals surface area contributed by atoms with Crippen molar-refractivity contribution in [2.75, 3.05) is 5.73 Å². The Balaban J connectivity index is 2.24. The van der Waals surface area contributed by atoms with Gasteiger partial charge >= 0.3 is 0 Å². The van der Waals surface area contributed by atoms with Crippen molar-refractivity contribution in [1.29, 1.82) is 0 Å². The molecule has 0 amide bonds. The summed E-state index contributed by atoms with van der Waals surface area (Å²) in [6, 6.07) is 3.18. The van der Waals surface area contributed by atoms with E-state index in [1.807, 2.05) is 0 Å². The fraction of sp³-hybridized carbons (Fsp3) is 0.300. The van der Waals surface area contributed by atoms with Crippen LogP contribution in [0.25, 0.3) is 0 Å². The second kappa shape index (κ2) is 5.37. The van der Waals surface area contributed by atoms with Crippen molar-refractivity contribution >= 4 is 49.4 Å². The molecule has 5 nitrogen and oxygen atoms in total. The van der Waals surface area contributed by atoms with Crippen LogP contribution in [0.3, 0.4) is 0 Å². The van der Waals surface area contributed by atoms with Gasteiger partial charge in [0.05, 0.1) is 16.1 Å². The maximum absolute atomic E-state index is 12.2. The molecule has 1 atom stereocenters. The zero-order valence-corrected chi connectivity index (χ0v) is 13.4. The summed E-state index contributed by atoms with van der Waals surface area (Å²) in [7, 11) is -3.62. The first-order valence-corrected chi connectivity index (χ1v) is 8.79. The standard InChI is InChI=1S/C10H12ClN3O2S3/c1-5(7-3-4-8(11)17-7)14-19(15,16)9-6(2)13-10(12)18-9/h3-5,14H,1-2H3,(H2,12,13). The van der Waals surface area contributed by atoms with E-state index in [9.17, 15) is 8.42 Å². The van der Waals surface area contributed by atoms with Gasteiger partial charge in [0.2, 0.25) is 0 Å². The molecule has 2 heterocycles. The number of nitrogens with zero attached hydrogens (tertiary/aromatic N) is 1. The largest absolute Gasteiger partial charge is 0.375 e. The van der Waals surface area contributed by atoms with Gasteiger partial charge < -0.3 is 5.73 Å². The van der Waals surface area contributed by atoms with Gasteiger partial charge in [0, 0.05) is 4.88 Å². The molecule has 0 aliphatic rings. The molecule has 0 bridgehead atoms. The van der Waals surface area contributed by atoms with Crippen LogP contribution in [-0.4, -0.2) is 13.4 Å². The second-order valence-corrected chi connectivity index (χ2v) is 8.60. The molecule has 9 heteroatoms. The second-order valence-electron chi connectivity index (χ2n) is 3.91. The van der Waals surface area contributed by atoms with Gasteiger partial charge in [-0.15, -0.1) is 11.3 Å². The van der Waals surface area contributed by atoms with Crippen molar-refractivity contribution in [2.45, 2.75) is 24.1 Å². The lowest BCUT2D eigenvalue weighted by atomic mass is 10.3. The molecule has 0 aliphatic heterocycles. The molecule has 3 N–H and O–H groups in total. The number of nitrogens with two attached hydrogens (primary N) is 1. The van der Waals surface area contributed by atoms with Crippen LogP contribution < -0.4 is 10.5 Å². The van der Waals surface area contributed by atoms with E-state index in [4.69, 9.17) is 17.3 Å². The Morgan fingerprint density at radius 1 is 1.42 bits per heavy atom. The third kappa shape index (κ3) is 3.26.